The van der Waals surface area contributed by atoms with Crippen molar-refractivity contribution in [3.63, 3.8) is 0 Å². The minimum Gasteiger partial charge on any atom is -0.274 e. The Morgan fingerprint density at radius 2 is 1.21 bits per heavy atom. The summed E-state index contributed by atoms with van der Waals surface area (Å²) in [4.78, 5) is 32.5. The lowest BCUT2D eigenvalue weighted by atomic mass is 9.55. The number of halogens is 1. The molecule has 1 fully saturated rings. The summed E-state index contributed by atoms with van der Waals surface area (Å²) in [5, 5.41) is 0.454. The quantitative estimate of drug-likeness (QED) is 0.591. The Labute approximate surface area is 166 Å². The fourth-order valence-electron chi connectivity index (χ4n) is 5.42. The molecule has 4 nitrogen and oxygen atoms in total. The molecule has 2 aromatic carbocycles. The largest absolute Gasteiger partial charge is 0.274 e. The van der Waals surface area contributed by atoms with E-state index in [2.05, 4.69) is 29.2 Å². The van der Waals surface area contributed by atoms with Crippen LogP contribution in [0.1, 0.15) is 34.1 Å². The van der Waals surface area contributed by atoms with Gasteiger partial charge in [0.25, 0.3) is 0 Å². The molecule has 4 aliphatic rings. The van der Waals surface area contributed by atoms with Crippen LogP contribution < -0.4 is 4.90 Å². The molecule has 2 atom stereocenters. The highest BCUT2D eigenvalue weighted by molar-refractivity contribution is 6.31. The summed E-state index contributed by atoms with van der Waals surface area (Å²) in [5.74, 6) is -1.06. The van der Waals surface area contributed by atoms with E-state index >= 15 is 0 Å². The molecule has 136 valence electrons. The molecular formula is C23H15ClN2O2. The van der Waals surface area contributed by atoms with Crippen LogP contribution in [0.5, 0.6) is 0 Å². The number of anilines is 1. The van der Waals surface area contributed by atoms with E-state index in [1.807, 2.05) is 24.3 Å². The first kappa shape index (κ1) is 16.0. The van der Waals surface area contributed by atoms with Crippen molar-refractivity contribution in [2.45, 2.75) is 11.8 Å². The van der Waals surface area contributed by atoms with Crippen molar-refractivity contribution < 1.29 is 9.59 Å². The second kappa shape index (κ2) is 5.52. The van der Waals surface area contributed by atoms with Gasteiger partial charge in [0.15, 0.2) is 0 Å². The molecule has 0 radical (unpaired) electrons. The van der Waals surface area contributed by atoms with Gasteiger partial charge in [0.1, 0.15) is 5.82 Å². The van der Waals surface area contributed by atoms with Gasteiger partial charge in [-0.25, -0.2) is 9.88 Å². The number of pyridine rings is 1. The van der Waals surface area contributed by atoms with Crippen molar-refractivity contribution in [2.24, 2.45) is 11.8 Å². The fraction of sp³-hybridized carbons (Fsp3) is 0.174. The summed E-state index contributed by atoms with van der Waals surface area (Å²) in [7, 11) is 0. The van der Waals surface area contributed by atoms with Gasteiger partial charge in [-0.3, -0.25) is 9.59 Å². The number of amides is 2. The van der Waals surface area contributed by atoms with E-state index in [9.17, 15) is 9.59 Å². The van der Waals surface area contributed by atoms with Gasteiger partial charge in [-0.05, 0) is 28.3 Å². The number of carbonyl (C=O) groups excluding carboxylic acids is 2. The van der Waals surface area contributed by atoms with Gasteiger partial charge in [-0.1, -0.05) is 60.1 Å². The second-order valence-corrected chi connectivity index (χ2v) is 8.05. The molecule has 5 heteroatoms. The summed E-state index contributed by atoms with van der Waals surface area (Å²) >= 11 is 6.10. The maximum atomic E-state index is 13.5. The summed E-state index contributed by atoms with van der Waals surface area (Å²) in [6.07, 6.45) is 1.53. The predicted octanol–water partition coefficient (Wildman–Crippen LogP) is 4.13. The Morgan fingerprint density at radius 1 is 0.750 bits per heavy atom. The Morgan fingerprint density at radius 3 is 1.64 bits per heavy atom. The molecule has 0 N–H and O–H groups in total. The third-order valence-electron chi connectivity index (χ3n) is 6.39. The molecule has 2 amide bonds. The van der Waals surface area contributed by atoms with Gasteiger partial charge in [0.05, 0.1) is 11.8 Å². The maximum absolute atomic E-state index is 13.5. The number of benzene rings is 2. The Hall–Kier alpha value is -2.98. The first-order valence-electron chi connectivity index (χ1n) is 9.34. The van der Waals surface area contributed by atoms with Crippen LogP contribution in [0.4, 0.5) is 5.82 Å². The molecule has 0 saturated carbocycles. The molecule has 1 saturated heterocycles. The van der Waals surface area contributed by atoms with E-state index < -0.39 is 11.8 Å². The third-order valence-corrected chi connectivity index (χ3v) is 6.62. The lowest BCUT2D eigenvalue weighted by molar-refractivity contribution is -0.122. The van der Waals surface area contributed by atoms with Crippen molar-refractivity contribution in [2.75, 3.05) is 4.90 Å². The van der Waals surface area contributed by atoms with Crippen LogP contribution in [0.15, 0.2) is 66.9 Å². The molecule has 2 bridgehead atoms. The molecule has 7 rings (SSSR count). The van der Waals surface area contributed by atoms with Crippen molar-refractivity contribution in [1.82, 2.24) is 4.98 Å². The number of hydrogen-bond acceptors (Lipinski definition) is 3. The Bertz CT molecular complexity index is 1060. The normalized spacial score (nSPS) is 26.8. The zero-order chi connectivity index (χ0) is 19.0. The first-order valence-corrected chi connectivity index (χ1v) is 9.71. The van der Waals surface area contributed by atoms with Crippen LogP contribution >= 0.6 is 11.6 Å². The highest BCUT2D eigenvalue weighted by Crippen LogP contribution is 2.61. The number of rotatable bonds is 1. The van der Waals surface area contributed by atoms with Gasteiger partial charge >= 0.3 is 0 Å². The van der Waals surface area contributed by atoms with Gasteiger partial charge < -0.3 is 0 Å². The average Bonchev–Trinajstić information content (AvgIpc) is 2.99. The number of nitrogens with zero attached hydrogens (tertiary/aromatic N) is 2. The molecule has 28 heavy (non-hydrogen) atoms. The molecule has 0 spiro atoms. The summed E-state index contributed by atoms with van der Waals surface area (Å²) in [6.45, 7) is 0. The van der Waals surface area contributed by atoms with E-state index in [0.717, 1.165) is 22.3 Å². The van der Waals surface area contributed by atoms with E-state index in [1.165, 1.54) is 11.1 Å². The molecule has 1 aromatic heterocycles. The van der Waals surface area contributed by atoms with Crippen molar-refractivity contribution in [3.8, 4) is 0 Å². The Balaban J connectivity index is 1.58. The predicted molar refractivity (Wildman–Crippen MR) is 105 cm³/mol. The lowest BCUT2D eigenvalue weighted by Crippen LogP contribution is -2.41. The van der Waals surface area contributed by atoms with E-state index in [-0.39, 0.29) is 23.7 Å². The third kappa shape index (κ3) is 1.88. The van der Waals surface area contributed by atoms with Crippen molar-refractivity contribution in [1.29, 1.82) is 0 Å². The van der Waals surface area contributed by atoms with Gasteiger partial charge in [0, 0.05) is 29.1 Å². The number of hydrogen-bond donors (Lipinski definition) is 0. The van der Waals surface area contributed by atoms with Crippen LogP contribution in [0, 0.1) is 11.8 Å². The lowest BCUT2D eigenvalue weighted by Gasteiger charge is -2.45. The van der Waals surface area contributed by atoms with Gasteiger partial charge in [0.2, 0.25) is 11.8 Å². The number of carbonyl (C=O) groups is 2. The smallest absolute Gasteiger partial charge is 0.239 e. The van der Waals surface area contributed by atoms with Crippen LogP contribution in [-0.2, 0) is 9.59 Å². The zero-order valence-corrected chi connectivity index (χ0v) is 15.5. The van der Waals surface area contributed by atoms with Crippen LogP contribution in [0.25, 0.3) is 0 Å². The highest BCUT2D eigenvalue weighted by Gasteiger charge is 2.62. The fourth-order valence-corrected chi connectivity index (χ4v) is 5.57. The molecule has 3 aromatic rings. The monoisotopic (exact) mass is 386 g/mol. The Kier molecular flexibility index (Phi) is 3.16. The van der Waals surface area contributed by atoms with E-state index in [1.54, 1.807) is 12.1 Å². The standard InChI is InChI=1S/C23H15ClN2O2/c24-12-9-10-25-17(11-12)26-22(27)20-18-13-5-1-2-6-14(13)19(21(20)23(26)28)16-8-4-3-7-15(16)18/h1-11,18-21H/t18?,19?,20-,21-/m0/s1. The summed E-state index contributed by atoms with van der Waals surface area (Å²) in [6, 6.07) is 19.6. The minimum atomic E-state index is -0.400. The van der Waals surface area contributed by atoms with Crippen LogP contribution in [0.2, 0.25) is 5.02 Å². The summed E-state index contributed by atoms with van der Waals surface area (Å²) < 4.78 is 0. The van der Waals surface area contributed by atoms with Crippen LogP contribution in [-0.4, -0.2) is 16.8 Å². The molecule has 3 aliphatic carbocycles. The number of imide groups is 1. The molecular weight excluding hydrogens is 372 g/mol. The molecule has 0 unspecified atom stereocenters. The molecule has 1 aliphatic heterocycles. The summed E-state index contributed by atoms with van der Waals surface area (Å²) in [5.41, 5.74) is 4.65. The first-order chi connectivity index (χ1) is 13.7. The van der Waals surface area contributed by atoms with Gasteiger partial charge in [-0.2, -0.15) is 0 Å². The van der Waals surface area contributed by atoms with E-state index in [0.29, 0.717) is 10.8 Å². The number of aromatic nitrogens is 1. The topological polar surface area (TPSA) is 50.3 Å². The second-order valence-electron chi connectivity index (χ2n) is 7.61. The molecule has 2 heterocycles. The maximum Gasteiger partial charge on any atom is 0.239 e. The zero-order valence-electron chi connectivity index (χ0n) is 14.7. The van der Waals surface area contributed by atoms with Gasteiger partial charge in [-0.15, -0.1) is 0 Å². The minimum absolute atomic E-state index is 0.108. The van der Waals surface area contributed by atoms with E-state index in [4.69, 9.17) is 11.6 Å². The van der Waals surface area contributed by atoms with Crippen LogP contribution in [0.3, 0.4) is 0 Å². The van der Waals surface area contributed by atoms with Crippen molar-refractivity contribution >= 4 is 29.2 Å². The SMILES string of the molecule is O=C1[C@H]2C3c4ccccc4C(c4ccccc43)[C@@H]2C(=O)N1c1cc(Cl)ccn1. The van der Waals surface area contributed by atoms with Crippen molar-refractivity contribution in [3.05, 3.63) is 94.1 Å². The average molecular weight is 387 g/mol. The highest BCUT2D eigenvalue weighted by atomic mass is 35.5.